The Balaban J connectivity index is 1.09. The summed E-state index contributed by atoms with van der Waals surface area (Å²) in [5, 5.41) is 10.0. The van der Waals surface area contributed by atoms with Crippen LogP contribution in [0.15, 0.2) is 54.6 Å². The number of piperidine rings is 1. The minimum Gasteiger partial charge on any atom is -0.480 e. The first-order valence-corrected chi connectivity index (χ1v) is 14.6. The molecule has 3 aliphatic heterocycles. The van der Waals surface area contributed by atoms with E-state index in [1.807, 2.05) is 6.07 Å². The Labute approximate surface area is 226 Å². The molecule has 204 valence electrons. The monoisotopic (exact) mass is 520 g/mol. The minimum absolute atomic E-state index is 0.0122. The molecule has 1 spiro atoms. The zero-order valence-corrected chi connectivity index (χ0v) is 22.3. The van der Waals surface area contributed by atoms with E-state index in [1.54, 1.807) is 12.1 Å². The summed E-state index contributed by atoms with van der Waals surface area (Å²) in [6, 6.07) is 17.2. The summed E-state index contributed by atoms with van der Waals surface area (Å²) in [7, 11) is 0. The van der Waals surface area contributed by atoms with E-state index in [1.165, 1.54) is 11.6 Å². The molecule has 3 heterocycles. The van der Waals surface area contributed by atoms with Crippen LogP contribution in [-0.4, -0.2) is 71.3 Å². The molecule has 4 fully saturated rings. The highest BCUT2D eigenvalue weighted by Gasteiger charge is 2.45. The summed E-state index contributed by atoms with van der Waals surface area (Å²) < 4.78 is 20.9. The number of rotatable bonds is 9. The first-order valence-electron chi connectivity index (χ1n) is 14.6. The van der Waals surface area contributed by atoms with Crippen LogP contribution in [0.25, 0.3) is 0 Å². The molecule has 2 aromatic rings. The number of hydrogen-bond donors (Lipinski definition) is 1. The summed E-state index contributed by atoms with van der Waals surface area (Å²) in [5.74, 6) is 0.0794. The number of ether oxygens (including phenoxy) is 1. The molecule has 6 heteroatoms. The summed E-state index contributed by atoms with van der Waals surface area (Å²) in [4.78, 5) is 16.9. The molecule has 2 aromatic carbocycles. The summed E-state index contributed by atoms with van der Waals surface area (Å²) >= 11 is 0. The van der Waals surface area contributed by atoms with Crippen LogP contribution >= 0.6 is 0 Å². The smallest absolute Gasteiger partial charge is 0.320 e. The molecule has 3 saturated heterocycles. The van der Waals surface area contributed by atoms with Crippen molar-refractivity contribution in [1.82, 2.24) is 9.80 Å². The fourth-order valence-electron chi connectivity index (χ4n) is 7.29. The average molecular weight is 521 g/mol. The number of nitrogens with zero attached hydrogens (tertiary/aromatic N) is 2. The molecule has 0 bridgehead atoms. The summed E-state index contributed by atoms with van der Waals surface area (Å²) in [6.45, 7) is 4.41. The van der Waals surface area contributed by atoms with E-state index in [2.05, 4.69) is 40.1 Å². The van der Waals surface area contributed by atoms with Crippen LogP contribution in [0.4, 0.5) is 4.39 Å². The minimum atomic E-state index is -0.709. The van der Waals surface area contributed by atoms with E-state index >= 15 is 0 Å². The molecule has 4 atom stereocenters. The highest BCUT2D eigenvalue weighted by atomic mass is 19.1. The Hall–Kier alpha value is -2.28. The number of likely N-dealkylation sites (tertiary alicyclic amines) is 2. The van der Waals surface area contributed by atoms with Crippen LogP contribution in [0.1, 0.15) is 62.0 Å². The Bertz CT molecular complexity index is 1100. The van der Waals surface area contributed by atoms with Crippen molar-refractivity contribution in [2.75, 3.05) is 32.7 Å². The van der Waals surface area contributed by atoms with Crippen molar-refractivity contribution in [3.8, 4) is 0 Å². The third-order valence-electron chi connectivity index (χ3n) is 9.63. The van der Waals surface area contributed by atoms with Crippen molar-refractivity contribution in [2.45, 2.75) is 75.0 Å². The van der Waals surface area contributed by atoms with E-state index in [-0.39, 0.29) is 17.3 Å². The second-order valence-corrected chi connectivity index (χ2v) is 12.4. The van der Waals surface area contributed by atoms with Crippen LogP contribution in [0.5, 0.6) is 0 Å². The van der Waals surface area contributed by atoms with Gasteiger partial charge in [-0.05, 0) is 73.6 Å². The van der Waals surface area contributed by atoms with Gasteiger partial charge in [0.05, 0.1) is 11.7 Å². The fourth-order valence-corrected chi connectivity index (χ4v) is 7.29. The summed E-state index contributed by atoms with van der Waals surface area (Å²) in [5.41, 5.74) is 2.37. The first-order chi connectivity index (χ1) is 18.5. The molecule has 1 saturated carbocycles. The van der Waals surface area contributed by atoms with Crippen molar-refractivity contribution < 1.29 is 19.0 Å². The van der Waals surface area contributed by atoms with Gasteiger partial charge in [0.1, 0.15) is 11.9 Å². The molecule has 6 rings (SSSR count). The second kappa shape index (κ2) is 11.1. The van der Waals surface area contributed by atoms with E-state index in [0.717, 1.165) is 83.1 Å². The molecule has 5 nitrogen and oxygen atoms in total. The van der Waals surface area contributed by atoms with Crippen molar-refractivity contribution in [3.63, 3.8) is 0 Å². The number of carboxylic acid groups (broad SMARTS) is 1. The van der Waals surface area contributed by atoms with Gasteiger partial charge in [-0.25, -0.2) is 4.39 Å². The predicted octanol–water partition coefficient (Wildman–Crippen LogP) is 5.35. The van der Waals surface area contributed by atoms with Gasteiger partial charge >= 0.3 is 5.97 Å². The van der Waals surface area contributed by atoms with Crippen LogP contribution in [0.3, 0.4) is 0 Å². The van der Waals surface area contributed by atoms with Gasteiger partial charge in [-0.2, -0.15) is 0 Å². The lowest BCUT2D eigenvalue weighted by Gasteiger charge is -2.40. The largest absolute Gasteiger partial charge is 0.480 e. The molecule has 0 aromatic heterocycles. The zero-order chi connectivity index (χ0) is 26.1. The van der Waals surface area contributed by atoms with Gasteiger partial charge in [-0.1, -0.05) is 55.3 Å². The van der Waals surface area contributed by atoms with Gasteiger partial charge in [0.15, 0.2) is 0 Å². The number of benzene rings is 2. The molecule has 38 heavy (non-hydrogen) atoms. The van der Waals surface area contributed by atoms with E-state index in [9.17, 15) is 14.3 Å². The highest BCUT2D eigenvalue weighted by Crippen LogP contribution is 2.42. The van der Waals surface area contributed by atoms with Gasteiger partial charge in [0.2, 0.25) is 0 Å². The lowest BCUT2D eigenvalue weighted by atomic mass is 9.85. The molecule has 0 radical (unpaired) electrons. The predicted molar refractivity (Wildman–Crippen MR) is 146 cm³/mol. The maximum Gasteiger partial charge on any atom is 0.320 e. The quantitative estimate of drug-likeness (QED) is 0.483. The average Bonchev–Trinajstić information content (AvgIpc) is 3.53. The van der Waals surface area contributed by atoms with Gasteiger partial charge in [-0.15, -0.1) is 0 Å². The van der Waals surface area contributed by atoms with Crippen molar-refractivity contribution >= 4 is 5.97 Å². The van der Waals surface area contributed by atoms with E-state index in [0.29, 0.717) is 24.5 Å². The van der Waals surface area contributed by atoms with E-state index < -0.39 is 12.0 Å². The zero-order valence-electron chi connectivity index (χ0n) is 22.3. The third-order valence-corrected chi connectivity index (χ3v) is 9.63. The number of halogens is 1. The Morgan fingerprint density at radius 1 is 1.03 bits per heavy atom. The third kappa shape index (κ3) is 5.98. The normalized spacial score (nSPS) is 28.6. The topological polar surface area (TPSA) is 53.0 Å². The number of carboxylic acids is 1. The Kier molecular flexibility index (Phi) is 7.56. The van der Waals surface area contributed by atoms with Crippen molar-refractivity contribution in [2.24, 2.45) is 11.8 Å². The van der Waals surface area contributed by atoms with Crippen LogP contribution in [-0.2, 0) is 16.0 Å². The van der Waals surface area contributed by atoms with Crippen molar-refractivity contribution in [1.29, 1.82) is 0 Å². The van der Waals surface area contributed by atoms with Crippen LogP contribution < -0.4 is 0 Å². The fraction of sp³-hybridized carbons (Fsp3) is 0.594. The Morgan fingerprint density at radius 2 is 1.82 bits per heavy atom. The van der Waals surface area contributed by atoms with Crippen LogP contribution in [0.2, 0.25) is 0 Å². The maximum absolute atomic E-state index is 14.2. The van der Waals surface area contributed by atoms with Gasteiger partial charge in [-0.3, -0.25) is 9.69 Å². The van der Waals surface area contributed by atoms with Gasteiger partial charge < -0.3 is 14.7 Å². The van der Waals surface area contributed by atoms with E-state index in [4.69, 9.17) is 4.74 Å². The van der Waals surface area contributed by atoms with Crippen LogP contribution in [0, 0.1) is 17.7 Å². The summed E-state index contributed by atoms with van der Waals surface area (Å²) in [6.07, 6.45) is 8.73. The molecule has 0 amide bonds. The molecular weight excluding hydrogens is 479 g/mol. The SMILES string of the molecule is O=C(O)C(CC1CC1)N1CC(CN2CCC3(CCC(Cc4ccccc4)O3)CC2)C(c2cccc(F)c2)C1. The van der Waals surface area contributed by atoms with Crippen molar-refractivity contribution in [3.05, 3.63) is 71.5 Å². The lowest BCUT2D eigenvalue weighted by Crippen LogP contribution is -2.46. The maximum atomic E-state index is 14.2. The molecule has 4 unspecified atom stereocenters. The molecule has 1 aliphatic carbocycles. The standard InChI is InChI=1S/C32H41FN2O3/c33-27-8-4-7-25(19-27)29-22-35(30(31(36)37)18-24-9-10-24)21-26(29)20-34-15-13-32(14-16-34)12-11-28(38-32)17-23-5-2-1-3-6-23/h1-8,19,24,26,28-30H,9-18,20-22H2,(H,36,37). The van der Waals surface area contributed by atoms with Gasteiger partial charge in [0.25, 0.3) is 0 Å². The lowest BCUT2D eigenvalue weighted by molar-refractivity contribution is -0.143. The molecule has 1 N–H and O–H groups in total. The first kappa shape index (κ1) is 26.0. The number of aliphatic carboxylic acids is 1. The second-order valence-electron chi connectivity index (χ2n) is 12.4. The molecule has 4 aliphatic rings. The highest BCUT2D eigenvalue weighted by molar-refractivity contribution is 5.73. The van der Waals surface area contributed by atoms with Gasteiger partial charge in [0, 0.05) is 38.6 Å². The number of hydrogen-bond acceptors (Lipinski definition) is 4. The molecular formula is C32H41FN2O3. The Morgan fingerprint density at radius 3 is 2.53 bits per heavy atom. The number of carbonyl (C=O) groups is 1.